The zero-order valence-electron chi connectivity index (χ0n) is 18.5. The number of aliphatic hydroxyl groups excluding tert-OH is 3. The van der Waals surface area contributed by atoms with Crippen LogP contribution < -0.4 is 0 Å². The third-order valence-electron chi connectivity index (χ3n) is 6.24. The minimum atomic E-state index is -0.792. The van der Waals surface area contributed by atoms with E-state index >= 15 is 0 Å². The summed E-state index contributed by atoms with van der Waals surface area (Å²) in [5.41, 5.74) is 1.24. The van der Waals surface area contributed by atoms with E-state index in [4.69, 9.17) is 5.11 Å². The Morgan fingerprint density at radius 2 is 1.90 bits per heavy atom. The topological polar surface area (TPSA) is 98.0 Å². The molecule has 1 fully saturated rings. The monoisotopic (exact) mass is 430 g/mol. The third kappa shape index (κ3) is 8.60. The Morgan fingerprint density at radius 3 is 2.58 bits per heavy atom. The molecular weight excluding hydrogens is 392 g/mol. The molecule has 1 aromatic carbocycles. The molecule has 0 saturated heterocycles. The standard InChI is InChI=1S/C26H38O5/c1-2-10-20(19-11-6-5-7-12-19)17-21(27)15-16-23-22(24(28)18-25(23)29)13-8-3-4-9-14-26(30)31/h3,5-8,11-12,15-16,20-25,27-29H,2,4,9-10,13-14,17-18H2,1H3,(H,30,31)/t20?,21-,22-,23-,24+,25-/m1/s1. The van der Waals surface area contributed by atoms with Crippen LogP contribution in [0.15, 0.2) is 54.6 Å². The fourth-order valence-electron chi connectivity index (χ4n) is 4.57. The number of benzene rings is 1. The van der Waals surface area contributed by atoms with Gasteiger partial charge in [0.15, 0.2) is 0 Å². The summed E-state index contributed by atoms with van der Waals surface area (Å²) in [5, 5.41) is 40.1. The van der Waals surface area contributed by atoms with Gasteiger partial charge in [0.25, 0.3) is 0 Å². The maximum atomic E-state index is 10.6. The molecule has 0 bridgehead atoms. The molecule has 1 aliphatic rings. The zero-order chi connectivity index (χ0) is 22.6. The van der Waals surface area contributed by atoms with E-state index in [1.165, 1.54) is 5.56 Å². The van der Waals surface area contributed by atoms with Crippen molar-refractivity contribution in [1.82, 2.24) is 0 Å². The van der Waals surface area contributed by atoms with Crippen LogP contribution in [0.3, 0.4) is 0 Å². The van der Waals surface area contributed by atoms with Gasteiger partial charge in [-0.1, -0.05) is 68.0 Å². The van der Waals surface area contributed by atoms with Gasteiger partial charge in [0.2, 0.25) is 0 Å². The van der Waals surface area contributed by atoms with Gasteiger partial charge in [-0.15, -0.1) is 0 Å². The Hall–Kier alpha value is -1.95. The molecule has 2 rings (SSSR count). The highest BCUT2D eigenvalue weighted by Crippen LogP contribution is 2.36. The second kappa shape index (κ2) is 13.5. The number of carbonyl (C=O) groups is 1. The predicted octanol–water partition coefficient (Wildman–Crippen LogP) is 4.44. The van der Waals surface area contributed by atoms with E-state index in [1.54, 1.807) is 6.08 Å². The Labute approximate surface area is 186 Å². The van der Waals surface area contributed by atoms with Crippen molar-refractivity contribution in [1.29, 1.82) is 0 Å². The van der Waals surface area contributed by atoms with Crippen LogP contribution in [-0.2, 0) is 4.79 Å². The second-order valence-electron chi connectivity index (χ2n) is 8.69. The number of hydrogen-bond acceptors (Lipinski definition) is 4. The summed E-state index contributed by atoms with van der Waals surface area (Å²) >= 11 is 0. The van der Waals surface area contributed by atoms with E-state index in [-0.39, 0.29) is 24.2 Å². The number of allylic oxidation sites excluding steroid dienone is 2. The van der Waals surface area contributed by atoms with Crippen molar-refractivity contribution in [2.45, 2.75) is 82.5 Å². The number of carboxylic acid groups (broad SMARTS) is 1. The van der Waals surface area contributed by atoms with E-state index in [0.29, 0.717) is 32.1 Å². The first-order valence-electron chi connectivity index (χ1n) is 11.6. The number of carboxylic acids is 1. The number of aliphatic carboxylic acids is 1. The molecule has 1 saturated carbocycles. The van der Waals surface area contributed by atoms with Crippen LogP contribution in [-0.4, -0.2) is 44.7 Å². The quantitative estimate of drug-likeness (QED) is 0.274. The average Bonchev–Trinajstić information content (AvgIpc) is 3.01. The third-order valence-corrected chi connectivity index (χ3v) is 6.24. The van der Waals surface area contributed by atoms with Gasteiger partial charge in [-0.2, -0.15) is 0 Å². The lowest BCUT2D eigenvalue weighted by Gasteiger charge is -2.21. The van der Waals surface area contributed by atoms with Crippen molar-refractivity contribution in [3.05, 3.63) is 60.2 Å². The molecule has 172 valence electrons. The first-order valence-corrected chi connectivity index (χ1v) is 11.6. The van der Waals surface area contributed by atoms with Gasteiger partial charge < -0.3 is 20.4 Å². The van der Waals surface area contributed by atoms with Crippen molar-refractivity contribution < 1.29 is 25.2 Å². The first-order chi connectivity index (χ1) is 14.9. The van der Waals surface area contributed by atoms with Gasteiger partial charge in [-0.3, -0.25) is 4.79 Å². The molecule has 5 heteroatoms. The fraction of sp³-hybridized carbons (Fsp3) is 0.577. The summed E-state index contributed by atoms with van der Waals surface area (Å²) < 4.78 is 0. The van der Waals surface area contributed by atoms with Crippen LogP contribution in [0, 0.1) is 11.8 Å². The number of hydrogen-bond donors (Lipinski definition) is 4. The van der Waals surface area contributed by atoms with Gasteiger partial charge in [-0.05, 0) is 49.5 Å². The Balaban J connectivity index is 1.92. The largest absolute Gasteiger partial charge is 0.481 e. The SMILES string of the molecule is CCCC(C[C@H](O)C=C[C@@H]1[C@@H](CC=CCCCC(=O)O)[C@@H](O)C[C@H]1O)c1ccccc1. The molecule has 1 aliphatic carbocycles. The van der Waals surface area contributed by atoms with Gasteiger partial charge >= 0.3 is 5.97 Å². The molecule has 0 heterocycles. The molecule has 1 unspecified atom stereocenters. The van der Waals surface area contributed by atoms with Gasteiger partial charge in [0.1, 0.15) is 0 Å². The average molecular weight is 431 g/mol. The van der Waals surface area contributed by atoms with Crippen LogP contribution in [0.5, 0.6) is 0 Å². The van der Waals surface area contributed by atoms with E-state index in [0.717, 1.165) is 12.8 Å². The molecule has 5 nitrogen and oxygen atoms in total. The maximum Gasteiger partial charge on any atom is 0.303 e. The summed E-state index contributed by atoms with van der Waals surface area (Å²) in [6.45, 7) is 2.15. The predicted molar refractivity (Wildman–Crippen MR) is 123 cm³/mol. The van der Waals surface area contributed by atoms with Gasteiger partial charge in [0.05, 0.1) is 18.3 Å². The van der Waals surface area contributed by atoms with Crippen LogP contribution >= 0.6 is 0 Å². The summed E-state index contributed by atoms with van der Waals surface area (Å²) in [6, 6.07) is 10.3. The van der Waals surface area contributed by atoms with Crippen molar-refractivity contribution in [2.75, 3.05) is 0 Å². The van der Waals surface area contributed by atoms with Crippen LogP contribution in [0.2, 0.25) is 0 Å². The van der Waals surface area contributed by atoms with Crippen molar-refractivity contribution in [2.24, 2.45) is 11.8 Å². The minimum Gasteiger partial charge on any atom is -0.481 e. The lowest BCUT2D eigenvalue weighted by Crippen LogP contribution is -2.20. The van der Waals surface area contributed by atoms with Crippen LogP contribution in [0.4, 0.5) is 0 Å². The van der Waals surface area contributed by atoms with Crippen molar-refractivity contribution in [3.63, 3.8) is 0 Å². The van der Waals surface area contributed by atoms with E-state index in [1.807, 2.05) is 36.4 Å². The Morgan fingerprint density at radius 1 is 1.16 bits per heavy atom. The first kappa shape index (κ1) is 25.3. The number of unbranched alkanes of at least 4 members (excludes halogenated alkanes) is 1. The smallest absolute Gasteiger partial charge is 0.303 e. The van der Waals surface area contributed by atoms with Gasteiger partial charge in [-0.25, -0.2) is 0 Å². The van der Waals surface area contributed by atoms with E-state index in [2.05, 4.69) is 19.1 Å². The Bertz CT molecular complexity index is 699. The fourth-order valence-corrected chi connectivity index (χ4v) is 4.57. The number of aliphatic hydroxyl groups is 3. The minimum absolute atomic E-state index is 0.102. The molecule has 0 spiro atoms. The van der Waals surface area contributed by atoms with E-state index < -0.39 is 24.3 Å². The van der Waals surface area contributed by atoms with Crippen molar-refractivity contribution >= 4 is 5.97 Å². The highest BCUT2D eigenvalue weighted by atomic mass is 16.4. The van der Waals surface area contributed by atoms with Crippen LogP contribution in [0.1, 0.15) is 69.8 Å². The normalized spacial score (nSPS) is 25.9. The summed E-state index contributed by atoms with van der Waals surface area (Å²) in [5.74, 6) is -0.807. The molecule has 31 heavy (non-hydrogen) atoms. The molecule has 0 radical (unpaired) electrons. The highest BCUT2D eigenvalue weighted by Gasteiger charge is 2.39. The van der Waals surface area contributed by atoms with E-state index in [9.17, 15) is 20.1 Å². The molecular formula is C26H38O5. The summed E-state index contributed by atoms with van der Waals surface area (Å²) in [7, 11) is 0. The highest BCUT2D eigenvalue weighted by molar-refractivity contribution is 5.66. The molecule has 0 aromatic heterocycles. The Kier molecular flexibility index (Phi) is 11.0. The molecule has 0 aliphatic heterocycles. The number of rotatable bonds is 13. The van der Waals surface area contributed by atoms with Crippen LogP contribution in [0.25, 0.3) is 0 Å². The second-order valence-corrected chi connectivity index (χ2v) is 8.69. The van der Waals surface area contributed by atoms with Crippen molar-refractivity contribution in [3.8, 4) is 0 Å². The maximum absolute atomic E-state index is 10.6. The molecule has 6 atom stereocenters. The zero-order valence-corrected chi connectivity index (χ0v) is 18.5. The lowest BCUT2D eigenvalue weighted by atomic mass is 9.87. The molecule has 0 amide bonds. The van der Waals surface area contributed by atoms with Gasteiger partial charge in [0, 0.05) is 18.8 Å². The lowest BCUT2D eigenvalue weighted by molar-refractivity contribution is -0.137. The molecule has 1 aromatic rings. The summed E-state index contributed by atoms with van der Waals surface area (Å²) in [6.07, 6.45) is 10.9. The molecule has 4 N–H and O–H groups in total. The summed E-state index contributed by atoms with van der Waals surface area (Å²) in [4.78, 5) is 10.6.